The number of carbonyl (C=O) groups excluding carboxylic acids is 1. The summed E-state index contributed by atoms with van der Waals surface area (Å²) in [6.45, 7) is 2.26. The van der Waals surface area contributed by atoms with Crippen molar-refractivity contribution >= 4 is 12.3 Å². The van der Waals surface area contributed by atoms with Crippen LogP contribution < -0.4 is 0 Å². The van der Waals surface area contributed by atoms with Crippen molar-refractivity contribution in [2.45, 2.75) is 83.7 Å². The van der Waals surface area contributed by atoms with E-state index in [1.165, 1.54) is 57.8 Å². The highest BCUT2D eigenvalue weighted by Crippen LogP contribution is 2.13. The van der Waals surface area contributed by atoms with E-state index in [9.17, 15) is 18.0 Å². The largest absolute Gasteiger partial charge is 0.490 e. The first-order chi connectivity index (χ1) is 9.86. The van der Waals surface area contributed by atoms with Crippen molar-refractivity contribution in [1.82, 2.24) is 0 Å². The molecule has 21 heavy (non-hydrogen) atoms. The van der Waals surface area contributed by atoms with Gasteiger partial charge in [0.05, 0.1) is 0 Å². The highest BCUT2D eigenvalue weighted by atomic mass is 19.4. The number of carbonyl (C=O) groups is 2. The molecule has 3 nitrogen and oxygen atoms in total. The van der Waals surface area contributed by atoms with Crippen LogP contribution in [0.4, 0.5) is 13.2 Å². The van der Waals surface area contributed by atoms with E-state index in [-0.39, 0.29) is 0 Å². The first kappa shape index (κ1) is 22.2. The molecule has 0 fully saturated rings. The van der Waals surface area contributed by atoms with Crippen molar-refractivity contribution in [3.05, 3.63) is 0 Å². The molecule has 0 aromatic carbocycles. The lowest BCUT2D eigenvalue weighted by Crippen LogP contribution is -2.21. The molecule has 0 atom stereocenters. The number of aliphatic carboxylic acids is 1. The second kappa shape index (κ2) is 15.3. The number of unbranched alkanes of at least 4 members (excludes halogenated alkanes) is 10. The van der Waals surface area contributed by atoms with E-state index in [0.29, 0.717) is 0 Å². The maximum absolute atomic E-state index is 10.6. The Balaban J connectivity index is 0. The van der Waals surface area contributed by atoms with Gasteiger partial charge in [-0.05, 0) is 6.42 Å². The smallest absolute Gasteiger partial charge is 0.475 e. The molecule has 0 aliphatic carbocycles. The topological polar surface area (TPSA) is 54.4 Å². The van der Waals surface area contributed by atoms with E-state index >= 15 is 0 Å². The quantitative estimate of drug-likeness (QED) is 0.425. The van der Waals surface area contributed by atoms with Gasteiger partial charge in [0.1, 0.15) is 6.29 Å². The van der Waals surface area contributed by atoms with Crippen LogP contribution in [-0.2, 0) is 9.59 Å². The molecule has 0 spiro atoms. The number of carboxylic acids is 1. The average molecular weight is 312 g/mol. The molecule has 0 radical (unpaired) electrons. The molecule has 0 rings (SSSR count). The van der Waals surface area contributed by atoms with Crippen molar-refractivity contribution in [2.24, 2.45) is 0 Å². The molecule has 0 aromatic rings. The van der Waals surface area contributed by atoms with E-state index in [1.807, 2.05) is 0 Å². The van der Waals surface area contributed by atoms with E-state index in [2.05, 4.69) is 6.92 Å². The Morgan fingerprint density at radius 3 is 1.52 bits per heavy atom. The van der Waals surface area contributed by atoms with Crippen LogP contribution in [0.1, 0.15) is 77.6 Å². The van der Waals surface area contributed by atoms with Crippen LogP contribution in [0, 0.1) is 0 Å². The summed E-state index contributed by atoms with van der Waals surface area (Å²) in [6.07, 6.45) is 10.1. The number of hydrogen-bond donors (Lipinski definition) is 1. The molecule has 0 aliphatic heterocycles. The summed E-state index contributed by atoms with van der Waals surface area (Å²) in [6, 6.07) is 0. The summed E-state index contributed by atoms with van der Waals surface area (Å²) in [5.41, 5.74) is 0. The van der Waals surface area contributed by atoms with Crippen molar-refractivity contribution in [3.63, 3.8) is 0 Å². The molecule has 0 aliphatic rings. The molecule has 6 heteroatoms. The standard InChI is InChI=1S/C13H26O.C2HF3O2/c1-2-3-4-5-6-7-8-9-10-11-12-13-14;3-2(4,5)1(6)7/h13H,2-12H2,1H3;(H,6,7). The number of carboxylic acid groups (broad SMARTS) is 1. The van der Waals surface area contributed by atoms with Gasteiger partial charge in [-0.3, -0.25) is 0 Å². The molecular formula is C15H27F3O3. The third-order valence-corrected chi connectivity index (χ3v) is 2.92. The van der Waals surface area contributed by atoms with E-state index in [1.54, 1.807) is 0 Å². The van der Waals surface area contributed by atoms with E-state index in [4.69, 9.17) is 9.90 Å². The minimum atomic E-state index is -5.08. The average Bonchev–Trinajstić information content (AvgIpc) is 2.40. The predicted molar refractivity (Wildman–Crippen MR) is 76.2 cm³/mol. The highest BCUT2D eigenvalue weighted by molar-refractivity contribution is 5.73. The molecule has 126 valence electrons. The lowest BCUT2D eigenvalue weighted by molar-refractivity contribution is -0.192. The Kier molecular flexibility index (Phi) is 16.2. The Hall–Kier alpha value is -1.07. The van der Waals surface area contributed by atoms with Crippen molar-refractivity contribution < 1.29 is 27.9 Å². The molecule has 1 N–H and O–H groups in total. The second-order valence-electron chi connectivity index (χ2n) is 4.94. The van der Waals surface area contributed by atoms with Crippen LogP contribution in [0.25, 0.3) is 0 Å². The summed E-state index contributed by atoms with van der Waals surface area (Å²) in [4.78, 5) is 18.9. The molecule has 0 saturated heterocycles. The number of alkyl halides is 3. The SMILES string of the molecule is CCCCCCCCCCCCC=O.O=C(O)C(F)(F)F. The number of rotatable bonds is 11. The van der Waals surface area contributed by atoms with Gasteiger partial charge in [0, 0.05) is 6.42 Å². The third-order valence-electron chi connectivity index (χ3n) is 2.92. The van der Waals surface area contributed by atoms with Crippen LogP contribution in [0.15, 0.2) is 0 Å². The van der Waals surface area contributed by atoms with Gasteiger partial charge in [0.15, 0.2) is 0 Å². The minimum Gasteiger partial charge on any atom is -0.475 e. The lowest BCUT2D eigenvalue weighted by Gasteiger charge is -2.00. The normalized spacial score (nSPS) is 10.7. The van der Waals surface area contributed by atoms with E-state index in [0.717, 1.165) is 19.1 Å². The van der Waals surface area contributed by atoms with Crippen molar-refractivity contribution in [3.8, 4) is 0 Å². The lowest BCUT2D eigenvalue weighted by atomic mass is 10.1. The number of aldehydes is 1. The first-order valence-corrected chi connectivity index (χ1v) is 7.60. The van der Waals surface area contributed by atoms with Crippen LogP contribution in [0.3, 0.4) is 0 Å². The molecule has 0 unspecified atom stereocenters. The van der Waals surface area contributed by atoms with Crippen LogP contribution >= 0.6 is 0 Å². The van der Waals surface area contributed by atoms with Gasteiger partial charge in [-0.25, -0.2) is 4.79 Å². The Labute approximate surface area is 124 Å². The maximum atomic E-state index is 10.6. The highest BCUT2D eigenvalue weighted by Gasteiger charge is 2.38. The summed E-state index contributed by atoms with van der Waals surface area (Å²) < 4.78 is 31.7. The fourth-order valence-electron chi connectivity index (χ4n) is 1.72. The predicted octanol–water partition coefficient (Wildman–Crippen LogP) is 5.13. The molecule has 0 aromatic heterocycles. The fourth-order valence-corrected chi connectivity index (χ4v) is 1.72. The third kappa shape index (κ3) is 21.4. The van der Waals surface area contributed by atoms with Gasteiger partial charge in [-0.2, -0.15) is 13.2 Å². The number of halogens is 3. The van der Waals surface area contributed by atoms with Crippen LogP contribution in [0.2, 0.25) is 0 Å². The zero-order valence-corrected chi connectivity index (χ0v) is 12.8. The number of hydrogen-bond acceptors (Lipinski definition) is 2. The van der Waals surface area contributed by atoms with Gasteiger partial charge < -0.3 is 9.90 Å². The Morgan fingerprint density at radius 2 is 1.24 bits per heavy atom. The van der Waals surface area contributed by atoms with Gasteiger partial charge >= 0.3 is 12.1 Å². The van der Waals surface area contributed by atoms with E-state index < -0.39 is 12.1 Å². The van der Waals surface area contributed by atoms with Crippen molar-refractivity contribution in [1.29, 1.82) is 0 Å². The molecule has 0 bridgehead atoms. The van der Waals surface area contributed by atoms with Gasteiger partial charge in [0.2, 0.25) is 0 Å². The monoisotopic (exact) mass is 312 g/mol. The van der Waals surface area contributed by atoms with Crippen molar-refractivity contribution in [2.75, 3.05) is 0 Å². The Morgan fingerprint density at radius 1 is 0.905 bits per heavy atom. The summed E-state index contributed by atoms with van der Waals surface area (Å²) in [7, 11) is 0. The summed E-state index contributed by atoms with van der Waals surface area (Å²) in [5, 5.41) is 7.12. The van der Waals surface area contributed by atoms with Crippen LogP contribution in [0.5, 0.6) is 0 Å². The van der Waals surface area contributed by atoms with Gasteiger partial charge in [-0.1, -0.05) is 64.7 Å². The van der Waals surface area contributed by atoms with Gasteiger partial charge in [0.25, 0.3) is 0 Å². The molecule has 0 amide bonds. The fraction of sp³-hybridized carbons (Fsp3) is 0.867. The van der Waals surface area contributed by atoms with Crippen LogP contribution in [-0.4, -0.2) is 23.5 Å². The zero-order chi connectivity index (χ0) is 16.6. The van der Waals surface area contributed by atoms with Gasteiger partial charge in [-0.15, -0.1) is 0 Å². The molecular weight excluding hydrogens is 285 g/mol. The second-order valence-corrected chi connectivity index (χ2v) is 4.94. The summed E-state index contributed by atoms with van der Waals surface area (Å²) in [5.74, 6) is -2.76. The molecule has 0 saturated carbocycles. The molecule has 0 heterocycles. The maximum Gasteiger partial charge on any atom is 0.490 e. The summed E-state index contributed by atoms with van der Waals surface area (Å²) >= 11 is 0. The Bertz CT molecular complexity index is 253. The zero-order valence-electron chi connectivity index (χ0n) is 12.8. The first-order valence-electron chi connectivity index (χ1n) is 7.60. The minimum absolute atomic E-state index is 0.760.